The molecule has 2 aromatic carbocycles. The maximum atomic E-state index is 12.2. The maximum Gasteiger partial charge on any atom is 0.279 e. The van der Waals surface area contributed by atoms with Crippen LogP contribution in [-0.2, 0) is 4.79 Å². The number of carbonyl (C=O) groups excluding carboxylic acids is 2. The molecule has 2 amide bonds. The third-order valence-electron chi connectivity index (χ3n) is 3.74. The van der Waals surface area contributed by atoms with E-state index in [2.05, 4.69) is 26.8 Å². The van der Waals surface area contributed by atoms with Gasteiger partial charge in [-0.05, 0) is 68.3 Å². The van der Waals surface area contributed by atoms with Crippen LogP contribution in [0.3, 0.4) is 0 Å². The molecule has 0 bridgehead atoms. The highest BCUT2D eigenvalue weighted by atomic mass is 79.9. The van der Waals surface area contributed by atoms with E-state index >= 15 is 0 Å². The van der Waals surface area contributed by atoms with Gasteiger partial charge in [0.05, 0.1) is 7.11 Å². The zero-order valence-electron chi connectivity index (χ0n) is 15.1. The number of hydrazine groups is 1. The van der Waals surface area contributed by atoms with Gasteiger partial charge in [-0.3, -0.25) is 20.4 Å². The molecular weight excluding hydrogens is 400 g/mol. The first-order chi connectivity index (χ1) is 12.3. The highest BCUT2D eigenvalue weighted by molar-refractivity contribution is 9.10. The molecular formula is C19H21BrN2O4. The van der Waals surface area contributed by atoms with E-state index in [1.807, 2.05) is 26.0 Å². The number of aryl methyl sites for hydroxylation is 2. The Balaban J connectivity index is 1.93. The SMILES string of the molecule is COc1ccc(C(=O)NNC(=O)C(C)Oc2c(C)cc(Br)cc2C)cc1. The van der Waals surface area contributed by atoms with E-state index in [1.165, 1.54) is 0 Å². The van der Waals surface area contributed by atoms with Gasteiger partial charge in [0, 0.05) is 10.0 Å². The molecule has 2 rings (SSSR count). The van der Waals surface area contributed by atoms with Gasteiger partial charge >= 0.3 is 0 Å². The lowest BCUT2D eigenvalue weighted by molar-refractivity contribution is -0.128. The van der Waals surface area contributed by atoms with Gasteiger partial charge in [-0.15, -0.1) is 0 Å². The fourth-order valence-corrected chi connectivity index (χ4v) is 3.03. The molecule has 138 valence electrons. The quantitative estimate of drug-likeness (QED) is 0.727. The van der Waals surface area contributed by atoms with E-state index in [0.717, 1.165) is 15.6 Å². The van der Waals surface area contributed by atoms with Crippen molar-refractivity contribution >= 4 is 27.7 Å². The summed E-state index contributed by atoms with van der Waals surface area (Å²) < 4.78 is 11.7. The molecule has 0 aliphatic heterocycles. The Morgan fingerprint density at radius 3 is 2.15 bits per heavy atom. The molecule has 0 aliphatic carbocycles. The molecule has 0 saturated heterocycles. The average Bonchev–Trinajstić information content (AvgIpc) is 2.62. The summed E-state index contributed by atoms with van der Waals surface area (Å²) in [7, 11) is 1.55. The van der Waals surface area contributed by atoms with E-state index in [-0.39, 0.29) is 0 Å². The smallest absolute Gasteiger partial charge is 0.279 e. The van der Waals surface area contributed by atoms with Crippen molar-refractivity contribution < 1.29 is 19.1 Å². The number of ether oxygens (including phenoxy) is 2. The van der Waals surface area contributed by atoms with Crippen molar-refractivity contribution in [3.63, 3.8) is 0 Å². The van der Waals surface area contributed by atoms with Crippen LogP contribution in [0.15, 0.2) is 40.9 Å². The molecule has 6 nitrogen and oxygen atoms in total. The molecule has 0 heterocycles. The lowest BCUT2D eigenvalue weighted by Gasteiger charge is -2.18. The fourth-order valence-electron chi connectivity index (χ4n) is 2.35. The number of methoxy groups -OCH3 is 1. The van der Waals surface area contributed by atoms with Gasteiger partial charge in [-0.25, -0.2) is 0 Å². The van der Waals surface area contributed by atoms with Crippen molar-refractivity contribution in [1.82, 2.24) is 10.9 Å². The maximum absolute atomic E-state index is 12.2. The van der Waals surface area contributed by atoms with Crippen LogP contribution in [0, 0.1) is 13.8 Å². The third-order valence-corrected chi connectivity index (χ3v) is 4.20. The number of hydrogen-bond acceptors (Lipinski definition) is 4. The Bertz CT molecular complexity index is 783. The highest BCUT2D eigenvalue weighted by Gasteiger charge is 2.18. The highest BCUT2D eigenvalue weighted by Crippen LogP contribution is 2.28. The molecule has 0 aliphatic rings. The summed E-state index contributed by atoms with van der Waals surface area (Å²) in [5.41, 5.74) is 6.98. The van der Waals surface area contributed by atoms with Crippen LogP contribution in [0.25, 0.3) is 0 Å². The zero-order valence-corrected chi connectivity index (χ0v) is 16.6. The van der Waals surface area contributed by atoms with E-state index < -0.39 is 17.9 Å². The second-order valence-corrected chi connectivity index (χ2v) is 6.72. The third kappa shape index (κ3) is 4.98. The number of amides is 2. The molecule has 26 heavy (non-hydrogen) atoms. The molecule has 1 unspecified atom stereocenters. The largest absolute Gasteiger partial charge is 0.497 e. The number of benzene rings is 2. The number of halogens is 1. The minimum absolute atomic E-state index is 0.402. The zero-order chi connectivity index (χ0) is 19.3. The van der Waals surface area contributed by atoms with E-state index in [0.29, 0.717) is 17.1 Å². The van der Waals surface area contributed by atoms with Gasteiger partial charge in [-0.1, -0.05) is 15.9 Å². The summed E-state index contributed by atoms with van der Waals surface area (Å²) in [5, 5.41) is 0. The summed E-state index contributed by atoms with van der Waals surface area (Å²) >= 11 is 3.42. The lowest BCUT2D eigenvalue weighted by Crippen LogP contribution is -2.47. The lowest BCUT2D eigenvalue weighted by atomic mass is 10.1. The molecule has 7 heteroatoms. The van der Waals surface area contributed by atoms with Gasteiger partial charge in [0.2, 0.25) is 0 Å². The van der Waals surface area contributed by atoms with Crippen molar-refractivity contribution in [1.29, 1.82) is 0 Å². The van der Waals surface area contributed by atoms with Crippen molar-refractivity contribution in [2.75, 3.05) is 7.11 Å². The predicted molar refractivity (Wildman–Crippen MR) is 102 cm³/mol. The Kier molecular flexibility index (Phi) is 6.63. The standard InChI is InChI=1S/C19H21BrN2O4/c1-11-9-15(20)10-12(2)17(11)26-13(3)18(23)21-22-19(24)14-5-7-16(25-4)8-6-14/h5-10,13H,1-4H3,(H,21,23)(H,22,24). The molecule has 0 aromatic heterocycles. The first kappa shape index (κ1) is 19.8. The Labute approximate surface area is 161 Å². The Hall–Kier alpha value is -2.54. The van der Waals surface area contributed by atoms with Gasteiger partial charge in [-0.2, -0.15) is 0 Å². The first-order valence-corrected chi connectivity index (χ1v) is 8.78. The van der Waals surface area contributed by atoms with Crippen molar-refractivity contribution in [2.24, 2.45) is 0 Å². The van der Waals surface area contributed by atoms with Crippen LogP contribution < -0.4 is 20.3 Å². The topological polar surface area (TPSA) is 76.7 Å². The monoisotopic (exact) mass is 420 g/mol. The van der Waals surface area contributed by atoms with Gasteiger partial charge in [0.15, 0.2) is 6.10 Å². The number of nitrogens with one attached hydrogen (secondary N) is 2. The number of hydrogen-bond donors (Lipinski definition) is 2. The van der Waals surface area contributed by atoms with E-state index in [4.69, 9.17) is 9.47 Å². The number of carbonyl (C=O) groups is 2. The molecule has 0 spiro atoms. The second-order valence-electron chi connectivity index (χ2n) is 5.80. The van der Waals surface area contributed by atoms with Crippen LogP contribution in [0.2, 0.25) is 0 Å². The Morgan fingerprint density at radius 1 is 1.04 bits per heavy atom. The minimum Gasteiger partial charge on any atom is -0.497 e. The average molecular weight is 421 g/mol. The van der Waals surface area contributed by atoms with Crippen molar-refractivity contribution in [2.45, 2.75) is 26.9 Å². The van der Waals surface area contributed by atoms with Crippen LogP contribution in [0.4, 0.5) is 0 Å². The Morgan fingerprint density at radius 2 is 1.62 bits per heavy atom. The van der Waals surface area contributed by atoms with Gasteiger partial charge in [0.1, 0.15) is 11.5 Å². The van der Waals surface area contributed by atoms with E-state index in [1.54, 1.807) is 38.3 Å². The van der Waals surface area contributed by atoms with Gasteiger partial charge < -0.3 is 9.47 Å². The van der Waals surface area contributed by atoms with Crippen molar-refractivity contribution in [3.05, 3.63) is 57.6 Å². The summed E-state index contributed by atoms with van der Waals surface area (Å²) in [4.78, 5) is 24.3. The van der Waals surface area contributed by atoms with Crippen LogP contribution in [0.5, 0.6) is 11.5 Å². The molecule has 0 radical (unpaired) electrons. The molecule has 2 aromatic rings. The summed E-state index contributed by atoms with van der Waals surface area (Å²) in [6, 6.07) is 10.4. The summed E-state index contributed by atoms with van der Waals surface area (Å²) in [6.45, 7) is 5.43. The van der Waals surface area contributed by atoms with Crippen LogP contribution >= 0.6 is 15.9 Å². The summed E-state index contributed by atoms with van der Waals surface area (Å²) in [6.07, 6.45) is -0.773. The molecule has 2 N–H and O–H groups in total. The van der Waals surface area contributed by atoms with Crippen LogP contribution in [0.1, 0.15) is 28.4 Å². The first-order valence-electron chi connectivity index (χ1n) is 7.99. The summed E-state index contributed by atoms with van der Waals surface area (Å²) in [5.74, 6) is 0.419. The van der Waals surface area contributed by atoms with E-state index in [9.17, 15) is 9.59 Å². The molecule has 0 fully saturated rings. The predicted octanol–water partition coefficient (Wildman–Crippen LogP) is 3.30. The number of rotatable bonds is 5. The minimum atomic E-state index is -0.773. The molecule has 1 atom stereocenters. The second kappa shape index (κ2) is 8.71. The van der Waals surface area contributed by atoms with Crippen molar-refractivity contribution in [3.8, 4) is 11.5 Å². The van der Waals surface area contributed by atoms with Gasteiger partial charge in [0.25, 0.3) is 11.8 Å². The van der Waals surface area contributed by atoms with Crippen LogP contribution in [-0.4, -0.2) is 25.0 Å². The normalized spacial score (nSPS) is 11.4. The fraction of sp³-hybridized carbons (Fsp3) is 0.263. The molecule has 0 saturated carbocycles.